The average molecular weight is 272 g/mol. The first-order valence-corrected chi connectivity index (χ1v) is 5.91. The topological polar surface area (TPSA) is 104 Å². The lowest BCUT2D eigenvalue weighted by Crippen LogP contribution is -2.18. The summed E-state index contributed by atoms with van der Waals surface area (Å²) in [6.07, 6.45) is 2.44. The van der Waals surface area contributed by atoms with E-state index in [0.717, 1.165) is 0 Å². The zero-order valence-electron chi connectivity index (χ0n) is 11.1. The minimum atomic E-state index is -1.05. The number of ether oxygens (including phenoxy) is 1. The fraction of sp³-hybridized carbons (Fsp3) is 0.538. The van der Waals surface area contributed by atoms with Crippen molar-refractivity contribution in [1.82, 2.24) is 0 Å². The zero-order chi connectivity index (χ0) is 14.8. The highest BCUT2D eigenvalue weighted by Gasteiger charge is 2.10. The zero-order valence-corrected chi connectivity index (χ0v) is 11.1. The van der Waals surface area contributed by atoms with Crippen molar-refractivity contribution in [3.05, 3.63) is 23.3 Å². The van der Waals surface area contributed by atoms with Gasteiger partial charge in [0, 0.05) is 17.8 Å². The van der Waals surface area contributed by atoms with Crippen molar-refractivity contribution in [3.63, 3.8) is 0 Å². The quantitative estimate of drug-likeness (QED) is 0.442. The Balaban J connectivity index is 4.10. The molecule has 0 aromatic rings. The first-order valence-electron chi connectivity index (χ1n) is 5.91. The van der Waals surface area contributed by atoms with Crippen molar-refractivity contribution in [3.8, 4) is 0 Å². The molecule has 0 aromatic heterocycles. The lowest BCUT2D eigenvalue weighted by Gasteiger charge is -2.09. The molecule has 6 nitrogen and oxygen atoms in total. The summed E-state index contributed by atoms with van der Waals surface area (Å²) in [5.74, 6) is -1.61. The highest BCUT2D eigenvalue weighted by molar-refractivity contribution is 5.87. The van der Waals surface area contributed by atoms with Gasteiger partial charge in [0.1, 0.15) is 6.61 Å². The monoisotopic (exact) mass is 272 g/mol. The van der Waals surface area contributed by atoms with Gasteiger partial charge in [-0.25, -0.2) is 9.59 Å². The van der Waals surface area contributed by atoms with Gasteiger partial charge in [-0.05, 0) is 26.7 Å². The van der Waals surface area contributed by atoms with Gasteiger partial charge in [-0.1, -0.05) is 12.2 Å². The summed E-state index contributed by atoms with van der Waals surface area (Å²) in [6, 6.07) is 0. The predicted molar refractivity (Wildman–Crippen MR) is 68.4 cm³/mol. The van der Waals surface area contributed by atoms with Gasteiger partial charge in [-0.3, -0.25) is 0 Å². The van der Waals surface area contributed by atoms with E-state index >= 15 is 0 Å². The minimum Gasteiger partial charge on any atom is -0.478 e. The number of hydrogen-bond acceptors (Lipinski definition) is 5. The predicted octanol–water partition coefficient (Wildman–Crippen LogP) is 0.640. The van der Waals surface area contributed by atoms with Gasteiger partial charge in [0.25, 0.3) is 0 Å². The second-order valence-electron chi connectivity index (χ2n) is 4.08. The largest absolute Gasteiger partial charge is 0.478 e. The first kappa shape index (κ1) is 17.3. The molecule has 0 saturated heterocycles. The molecule has 0 saturated carbocycles. The molecule has 0 bridgehead atoms. The van der Waals surface area contributed by atoms with E-state index in [1.54, 1.807) is 13.0 Å². The number of hydrogen-bond donors (Lipinski definition) is 3. The molecule has 0 spiro atoms. The number of rotatable bonds is 8. The van der Waals surface area contributed by atoms with Gasteiger partial charge >= 0.3 is 11.9 Å². The third-order valence-corrected chi connectivity index (χ3v) is 2.34. The highest BCUT2D eigenvalue weighted by Crippen LogP contribution is 2.03. The highest BCUT2D eigenvalue weighted by atomic mass is 16.5. The Morgan fingerprint density at radius 2 is 1.84 bits per heavy atom. The third-order valence-electron chi connectivity index (χ3n) is 2.34. The lowest BCUT2D eigenvalue weighted by molar-refractivity contribution is -0.142. The van der Waals surface area contributed by atoms with Crippen molar-refractivity contribution >= 4 is 11.9 Å². The van der Waals surface area contributed by atoms with Crippen molar-refractivity contribution < 1.29 is 29.6 Å². The molecule has 0 aliphatic rings. The van der Waals surface area contributed by atoms with E-state index < -0.39 is 18.0 Å². The molecule has 1 unspecified atom stereocenters. The van der Waals surface area contributed by atoms with Crippen LogP contribution in [0.25, 0.3) is 0 Å². The van der Waals surface area contributed by atoms with Crippen molar-refractivity contribution in [1.29, 1.82) is 0 Å². The second kappa shape index (κ2) is 9.29. The SMILES string of the molecule is CC(=CCC(O)COC(=O)C(C)=CCCO)C(=O)O. The number of carbonyl (C=O) groups excluding carboxylic acids is 1. The van der Waals surface area contributed by atoms with Crippen LogP contribution < -0.4 is 0 Å². The van der Waals surface area contributed by atoms with Crippen LogP contribution in [0.15, 0.2) is 23.3 Å². The molecule has 0 aliphatic carbocycles. The van der Waals surface area contributed by atoms with Crippen LogP contribution in [0.4, 0.5) is 0 Å². The number of carbonyl (C=O) groups is 2. The molecule has 0 radical (unpaired) electrons. The second-order valence-corrected chi connectivity index (χ2v) is 4.08. The molecule has 0 amide bonds. The van der Waals surface area contributed by atoms with E-state index in [1.807, 2.05) is 0 Å². The molecule has 0 heterocycles. The van der Waals surface area contributed by atoms with E-state index in [2.05, 4.69) is 0 Å². The number of esters is 1. The van der Waals surface area contributed by atoms with Gasteiger partial charge in [0.15, 0.2) is 0 Å². The summed E-state index contributed by atoms with van der Waals surface area (Å²) in [5, 5.41) is 26.7. The van der Waals surface area contributed by atoms with Gasteiger partial charge in [-0.15, -0.1) is 0 Å². The maximum atomic E-state index is 11.4. The summed E-state index contributed by atoms with van der Waals surface area (Å²) in [4.78, 5) is 21.9. The van der Waals surface area contributed by atoms with Crippen LogP contribution in [0.5, 0.6) is 0 Å². The van der Waals surface area contributed by atoms with E-state index in [-0.39, 0.29) is 25.2 Å². The van der Waals surface area contributed by atoms with Crippen molar-refractivity contribution in [2.45, 2.75) is 32.8 Å². The number of aliphatic hydroxyl groups is 2. The molecule has 0 aromatic carbocycles. The van der Waals surface area contributed by atoms with Crippen molar-refractivity contribution in [2.24, 2.45) is 0 Å². The van der Waals surface area contributed by atoms with Crippen molar-refractivity contribution in [2.75, 3.05) is 13.2 Å². The fourth-order valence-electron chi connectivity index (χ4n) is 1.12. The summed E-state index contributed by atoms with van der Waals surface area (Å²) in [6.45, 7) is 2.72. The molecular formula is C13H20O6. The molecule has 19 heavy (non-hydrogen) atoms. The van der Waals surface area contributed by atoms with Crippen LogP contribution in [0.3, 0.4) is 0 Å². The Morgan fingerprint density at radius 3 is 2.37 bits per heavy atom. The molecule has 0 aliphatic heterocycles. The molecule has 0 rings (SSSR count). The Kier molecular flexibility index (Phi) is 8.48. The smallest absolute Gasteiger partial charge is 0.333 e. The lowest BCUT2D eigenvalue weighted by atomic mass is 10.2. The van der Waals surface area contributed by atoms with E-state index in [1.165, 1.54) is 13.0 Å². The van der Waals surface area contributed by atoms with Crippen LogP contribution in [0, 0.1) is 0 Å². The van der Waals surface area contributed by atoms with E-state index in [0.29, 0.717) is 12.0 Å². The van der Waals surface area contributed by atoms with Crippen LogP contribution in [-0.2, 0) is 14.3 Å². The van der Waals surface area contributed by atoms with E-state index in [4.69, 9.17) is 14.9 Å². The van der Waals surface area contributed by atoms with Crippen LogP contribution in [0.1, 0.15) is 26.7 Å². The van der Waals surface area contributed by atoms with Gasteiger partial charge in [-0.2, -0.15) is 0 Å². The summed E-state index contributed by atoms with van der Waals surface area (Å²) >= 11 is 0. The maximum Gasteiger partial charge on any atom is 0.333 e. The van der Waals surface area contributed by atoms with Crippen LogP contribution in [-0.4, -0.2) is 46.6 Å². The number of carboxylic acid groups (broad SMARTS) is 1. The average Bonchev–Trinajstić information content (AvgIpc) is 2.38. The number of aliphatic hydroxyl groups excluding tert-OH is 2. The number of carboxylic acids is 1. The van der Waals surface area contributed by atoms with Gasteiger partial charge < -0.3 is 20.1 Å². The Labute approximate surface area is 112 Å². The standard InChI is InChI=1S/C13H20O6/c1-9(12(16)17)5-6-11(15)8-19-13(18)10(2)4-3-7-14/h4-5,11,14-15H,3,6-8H2,1-2H3,(H,16,17). The normalized spacial score (nSPS) is 14.1. The Hall–Kier alpha value is -1.66. The summed E-state index contributed by atoms with van der Waals surface area (Å²) < 4.78 is 4.84. The molecule has 0 fully saturated rings. The summed E-state index contributed by atoms with van der Waals surface area (Å²) in [5.41, 5.74) is 0.489. The Bertz CT molecular complexity index is 369. The molecule has 108 valence electrons. The third kappa shape index (κ3) is 8.12. The van der Waals surface area contributed by atoms with Crippen LogP contribution >= 0.6 is 0 Å². The number of aliphatic carboxylic acids is 1. The maximum absolute atomic E-state index is 11.4. The molecule has 6 heteroatoms. The van der Waals surface area contributed by atoms with Gasteiger partial charge in [0.2, 0.25) is 0 Å². The summed E-state index contributed by atoms with van der Waals surface area (Å²) in [7, 11) is 0. The van der Waals surface area contributed by atoms with E-state index in [9.17, 15) is 14.7 Å². The minimum absolute atomic E-state index is 0.0491. The van der Waals surface area contributed by atoms with Crippen LogP contribution in [0.2, 0.25) is 0 Å². The van der Waals surface area contributed by atoms with Gasteiger partial charge in [0.05, 0.1) is 6.10 Å². The fourth-order valence-corrected chi connectivity index (χ4v) is 1.12. The first-order chi connectivity index (χ1) is 8.88. The Morgan fingerprint density at radius 1 is 1.21 bits per heavy atom. The molecular weight excluding hydrogens is 252 g/mol. The molecule has 1 atom stereocenters. The molecule has 3 N–H and O–H groups in total.